The lowest BCUT2D eigenvalue weighted by atomic mass is 9.80. The van der Waals surface area contributed by atoms with Crippen molar-refractivity contribution in [2.75, 3.05) is 4.90 Å². The van der Waals surface area contributed by atoms with E-state index >= 15 is 0 Å². The van der Waals surface area contributed by atoms with Gasteiger partial charge in [0.15, 0.2) is 0 Å². The van der Waals surface area contributed by atoms with Crippen molar-refractivity contribution >= 4 is 49.8 Å². The lowest BCUT2D eigenvalue weighted by molar-refractivity contribution is 0.661. The first-order valence-electron chi connectivity index (χ1n) is 17.7. The highest BCUT2D eigenvalue weighted by atomic mass is 16.3. The molecule has 0 saturated heterocycles. The Labute approximate surface area is 297 Å². The van der Waals surface area contributed by atoms with Crippen molar-refractivity contribution in [3.05, 3.63) is 187 Å². The lowest BCUT2D eigenvalue weighted by Crippen LogP contribution is -2.21. The minimum absolute atomic E-state index is 0.246. The Morgan fingerprint density at radius 1 is 0.431 bits per heavy atom. The maximum absolute atomic E-state index is 6.51. The molecule has 0 N–H and O–H groups in total. The molecule has 0 radical (unpaired) electrons. The molecule has 0 saturated carbocycles. The van der Waals surface area contributed by atoms with Crippen LogP contribution in [0.4, 0.5) is 17.1 Å². The minimum Gasteiger partial charge on any atom is -0.456 e. The van der Waals surface area contributed by atoms with E-state index in [0.717, 1.165) is 39.0 Å². The standard InChI is InChI=1S/C49H35NO/c1-49(2)43-30-34-18-7-6-17-33(34)29-42(43)41-23-14-25-45(48(41)49)50(35-27-28-40-39-22-11-13-26-46(39)51-47(40)31-35)44-24-12-10-21-38(44)37-20-9-8-19-36(37)32-15-4-3-5-16-32/h3-31H,1-2H3. The Hall–Kier alpha value is -6.38. The molecule has 1 aromatic heterocycles. The average molecular weight is 654 g/mol. The monoisotopic (exact) mass is 653 g/mol. The van der Waals surface area contributed by atoms with Crippen LogP contribution in [-0.4, -0.2) is 0 Å². The molecule has 0 amide bonds. The number of rotatable bonds is 5. The molecule has 51 heavy (non-hydrogen) atoms. The number of furan rings is 1. The van der Waals surface area contributed by atoms with Gasteiger partial charge in [-0.15, -0.1) is 0 Å². The van der Waals surface area contributed by atoms with Gasteiger partial charge >= 0.3 is 0 Å². The van der Waals surface area contributed by atoms with E-state index in [-0.39, 0.29) is 5.41 Å². The first-order valence-corrected chi connectivity index (χ1v) is 17.7. The van der Waals surface area contributed by atoms with Crippen LogP contribution >= 0.6 is 0 Å². The van der Waals surface area contributed by atoms with E-state index in [1.165, 1.54) is 55.3 Å². The van der Waals surface area contributed by atoms with Crippen LogP contribution in [-0.2, 0) is 5.41 Å². The Balaban J connectivity index is 1.26. The molecule has 0 fully saturated rings. The molecule has 2 nitrogen and oxygen atoms in total. The number of para-hydroxylation sites is 2. The number of nitrogens with zero attached hydrogens (tertiary/aromatic N) is 1. The van der Waals surface area contributed by atoms with Crippen molar-refractivity contribution in [3.63, 3.8) is 0 Å². The van der Waals surface area contributed by atoms with E-state index in [1.54, 1.807) is 0 Å². The summed E-state index contributed by atoms with van der Waals surface area (Å²) in [5.74, 6) is 0. The number of benzene rings is 8. The summed E-state index contributed by atoms with van der Waals surface area (Å²) in [5, 5.41) is 4.79. The second kappa shape index (κ2) is 11.3. The molecule has 1 heterocycles. The Morgan fingerprint density at radius 3 is 1.90 bits per heavy atom. The van der Waals surface area contributed by atoms with Gasteiger partial charge in [-0.25, -0.2) is 0 Å². The molecular formula is C49H35NO. The highest BCUT2D eigenvalue weighted by Crippen LogP contribution is 2.56. The van der Waals surface area contributed by atoms with Crippen molar-refractivity contribution in [1.29, 1.82) is 0 Å². The van der Waals surface area contributed by atoms with E-state index in [4.69, 9.17) is 4.42 Å². The maximum Gasteiger partial charge on any atom is 0.137 e. The second-order valence-corrected chi connectivity index (χ2v) is 14.1. The van der Waals surface area contributed by atoms with Crippen LogP contribution < -0.4 is 4.90 Å². The van der Waals surface area contributed by atoms with Crippen molar-refractivity contribution in [3.8, 4) is 33.4 Å². The van der Waals surface area contributed by atoms with Gasteiger partial charge in [0.05, 0.1) is 11.4 Å². The Kier molecular flexibility index (Phi) is 6.56. The summed E-state index contributed by atoms with van der Waals surface area (Å²) >= 11 is 0. The molecule has 242 valence electrons. The SMILES string of the molecule is CC1(C)c2cc3ccccc3cc2-c2cccc(N(c3ccc4c(c3)oc3ccccc34)c3ccccc3-c3ccccc3-c3ccccc3)c21. The first kappa shape index (κ1) is 29.5. The van der Waals surface area contributed by atoms with Crippen molar-refractivity contribution in [1.82, 2.24) is 0 Å². The van der Waals surface area contributed by atoms with Gasteiger partial charge in [-0.2, -0.15) is 0 Å². The Morgan fingerprint density at radius 2 is 1.06 bits per heavy atom. The number of anilines is 3. The van der Waals surface area contributed by atoms with Crippen LogP contribution in [0.3, 0.4) is 0 Å². The zero-order valence-electron chi connectivity index (χ0n) is 28.6. The molecular weight excluding hydrogens is 619 g/mol. The molecule has 10 rings (SSSR count). The van der Waals surface area contributed by atoms with E-state index in [1.807, 2.05) is 6.07 Å². The van der Waals surface area contributed by atoms with Gasteiger partial charge in [0.25, 0.3) is 0 Å². The fourth-order valence-corrected chi connectivity index (χ4v) is 8.47. The summed E-state index contributed by atoms with van der Waals surface area (Å²) in [5.41, 5.74) is 14.9. The van der Waals surface area contributed by atoms with E-state index in [9.17, 15) is 0 Å². The molecule has 0 atom stereocenters. The number of hydrogen-bond acceptors (Lipinski definition) is 2. The van der Waals surface area contributed by atoms with E-state index < -0.39 is 0 Å². The van der Waals surface area contributed by atoms with Crippen LogP contribution in [0.25, 0.3) is 66.1 Å². The van der Waals surface area contributed by atoms with Gasteiger partial charge in [0.2, 0.25) is 0 Å². The molecule has 1 aliphatic rings. The summed E-state index contributed by atoms with van der Waals surface area (Å²) in [6.07, 6.45) is 0. The normalized spacial score (nSPS) is 13.1. The van der Waals surface area contributed by atoms with Crippen LogP contribution in [0.2, 0.25) is 0 Å². The summed E-state index contributed by atoms with van der Waals surface area (Å²) < 4.78 is 6.51. The van der Waals surface area contributed by atoms with Crippen LogP contribution in [0.1, 0.15) is 25.0 Å². The number of hydrogen-bond donors (Lipinski definition) is 0. The fourth-order valence-electron chi connectivity index (χ4n) is 8.47. The molecule has 8 aromatic carbocycles. The third-order valence-electron chi connectivity index (χ3n) is 10.8. The van der Waals surface area contributed by atoms with Crippen LogP contribution in [0, 0.1) is 0 Å². The third kappa shape index (κ3) is 4.57. The molecule has 0 bridgehead atoms. The van der Waals surface area contributed by atoms with Crippen LogP contribution in [0.5, 0.6) is 0 Å². The summed E-state index contributed by atoms with van der Waals surface area (Å²) in [6, 6.07) is 63.7. The highest BCUT2D eigenvalue weighted by Gasteiger charge is 2.39. The van der Waals surface area contributed by atoms with Crippen molar-refractivity contribution in [2.45, 2.75) is 19.3 Å². The Bertz CT molecular complexity index is 2790. The zero-order valence-corrected chi connectivity index (χ0v) is 28.6. The zero-order chi connectivity index (χ0) is 34.1. The summed E-state index contributed by atoms with van der Waals surface area (Å²) in [7, 11) is 0. The second-order valence-electron chi connectivity index (χ2n) is 14.1. The molecule has 0 aliphatic heterocycles. The highest BCUT2D eigenvalue weighted by molar-refractivity contribution is 6.07. The van der Waals surface area contributed by atoms with Gasteiger partial charge in [0.1, 0.15) is 11.2 Å². The van der Waals surface area contributed by atoms with E-state index in [2.05, 4.69) is 189 Å². The van der Waals surface area contributed by atoms with Gasteiger partial charge in [0, 0.05) is 33.5 Å². The predicted octanol–water partition coefficient (Wildman–Crippen LogP) is 13.8. The lowest BCUT2D eigenvalue weighted by Gasteiger charge is -2.33. The molecule has 0 spiro atoms. The van der Waals surface area contributed by atoms with Crippen molar-refractivity contribution in [2.24, 2.45) is 0 Å². The minimum atomic E-state index is -0.246. The first-order chi connectivity index (χ1) is 25.1. The van der Waals surface area contributed by atoms with E-state index in [0.29, 0.717) is 0 Å². The van der Waals surface area contributed by atoms with Gasteiger partial charge in [-0.05, 0) is 92.2 Å². The summed E-state index contributed by atoms with van der Waals surface area (Å²) in [4.78, 5) is 2.47. The van der Waals surface area contributed by atoms with Gasteiger partial charge in [-0.3, -0.25) is 0 Å². The topological polar surface area (TPSA) is 16.4 Å². The van der Waals surface area contributed by atoms with Crippen LogP contribution in [0.15, 0.2) is 180 Å². The fraction of sp³-hybridized carbons (Fsp3) is 0.0612. The van der Waals surface area contributed by atoms with Gasteiger partial charge in [-0.1, -0.05) is 141 Å². The summed E-state index contributed by atoms with van der Waals surface area (Å²) in [6.45, 7) is 4.76. The largest absolute Gasteiger partial charge is 0.456 e. The quantitative estimate of drug-likeness (QED) is 0.184. The number of fused-ring (bicyclic) bond motifs is 7. The maximum atomic E-state index is 6.51. The predicted molar refractivity (Wildman–Crippen MR) is 214 cm³/mol. The molecule has 1 aliphatic carbocycles. The molecule has 0 unspecified atom stereocenters. The smallest absolute Gasteiger partial charge is 0.137 e. The van der Waals surface area contributed by atoms with Gasteiger partial charge < -0.3 is 9.32 Å². The van der Waals surface area contributed by atoms with Crippen molar-refractivity contribution < 1.29 is 4.42 Å². The third-order valence-corrected chi connectivity index (χ3v) is 10.8. The average Bonchev–Trinajstić information content (AvgIpc) is 3.66. The molecule has 9 aromatic rings. The molecule has 2 heteroatoms.